The van der Waals surface area contributed by atoms with Gasteiger partial charge in [0.2, 0.25) is 0 Å². The standard InChI is InChI=1S/C84H152N2O11/c1-51-13-23-75(33-53(51)3)85(71-25-15-63(16-26-71)81(5,6)67-35-55(43-87)77(93)56(36-67)44-88)73-29-19-65(20-30-73)83(9,10)69-39-59(47-91)79(95)61(41-69)49-97-50-62-42-70(40-60(48-92)80(62)96)84(11,12)66-21-31-74(32-22-66)86(76-24-14-52(2)54(4)34-76)72-27-17-64(18-28-72)82(7,8)68-37-57(45-89)78(94)58(38-68)46-90/h51-80,87-96H,13-50H2,1-12H3. The Bertz CT molecular complexity index is 2150. The summed E-state index contributed by atoms with van der Waals surface area (Å²) in [6.07, 6.45) is 31.7. The number of rotatable bonds is 24. The Morgan fingerprint density at radius 2 is 0.443 bits per heavy atom. The van der Waals surface area contributed by atoms with Crippen LogP contribution < -0.4 is 0 Å². The molecule has 0 aliphatic heterocycles. The van der Waals surface area contributed by atoms with Crippen LogP contribution in [0.5, 0.6) is 0 Å². The average molecular weight is 1370 g/mol. The largest absolute Gasteiger partial charge is 0.396 e. The minimum Gasteiger partial charge on any atom is -0.396 e. The Morgan fingerprint density at radius 3 is 0.649 bits per heavy atom. The first kappa shape index (κ1) is 79.1. The first-order valence-corrected chi connectivity index (χ1v) is 41.6. The van der Waals surface area contributed by atoms with Gasteiger partial charge in [0.05, 0.1) is 37.6 Å². The number of nitrogens with zero attached hydrogens (tertiary/aromatic N) is 2. The van der Waals surface area contributed by atoms with Gasteiger partial charge in [0.1, 0.15) is 0 Å². The fraction of sp³-hybridized carbons (Fsp3) is 1.00. The van der Waals surface area contributed by atoms with E-state index in [4.69, 9.17) is 4.74 Å². The van der Waals surface area contributed by atoms with Crippen molar-refractivity contribution in [1.82, 2.24) is 9.80 Å². The Balaban J connectivity index is 0.733. The summed E-state index contributed by atoms with van der Waals surface area (Å²) in [5.41, 5.74) is 0.231. The zero-order chi connectivity index (χ0) is 70.1. The Kier molecular flexibility index (Phi) is 27.7. The lowest BCUT2D eigenvalue weighted by molar-refractivity contribution is -0.112. The van der Waals surface area contributed by atoms with E-state index < -0.39 is 24.4 Å². The normalized spacial score (nSPS) is 45.2. The summed E-state index contributed by atoms with van der Waals surface area (Å²) in [6, 6.07) is 3.66. The molecule has 0 amide bonds. The minimum absolute atomic E-state index is 0.0168. The molecule has 0 aromatic rings. The summed E-state index contributed by atoms with van der Waals surface area (Å²) in [4.78, 5) is 6.22. The van der Waals surface area contributed by atoms with Crippen LogP contribution in [0.25, 0.3) is 0 Å². The highest BCUT2D eigenvalue weighted by Gasteiger charge is 2.53. The smallest absolute Gasteiger partial charge is 0.0640 e. The molecule has 13 nitrogen and oxygen atoms in total. The minimum atomic E-state index is -0.634. The molecule has 0 aromatic heterocycles. The van der Waals surface area contributed by atoms with Gasteiger partial charge in [-0.1, -0.05) is 83.1 Å². The molecule has 10 saturated carbocycles. The van der Waals surface area contributed by atoms with Crippen molar-refractivity contribution >= 4 is 0 Å². The van der Waals surface area contributed by atoms with E-state index in [1.54, 1.807) is 0 Å². The topological polar surface area (TPSA) is 218 Å². The number of aliphatic hydroxyl groups excluding tert-OH is 10. The van der Waals surface area contributed by atoms with Gasteiger partial charge in [-0.05, 0) is 285 Å². The fourth-order valence-corrected chi connectivity index (χ4v) is 25.4. The molecule has 13 heteroatoms. The van der Waals surface area contributed by atoms with Crippen LogP contribution in [0.3, 0.4) is 0 Å². The van der Waals surface area contributed by atoms with Gasteiger partial charge in [-0.2, -0.15) is 0 Å². The molecule has 10 fully saturated rings. The van der Waals surface area contributed by atoms with E-state index in [9.17, 15) is 51.1 Å². The van der Waals surface area contributed by atoms with E-state index in [2.05, 4.69) is 92.9 Å². The molecule has 0 heterocycles. The number of ether oxygens (including phenoxy) is 1. The van der Waals surface area contributed by atoms with Crippen LogP contribution in [-0.2, 0) is 4.74 Å². The monoisotopic (exact) mass is 1370 g/mol. The van der Waals surface area contributed by atoms with Crippen molar-refractivity contribution in [3.63, 3.8) is 0 Å². The fourth-order valence-electron chi connectivity index (χ4n) is 25.4. The van der Waals surface area contributed by atoms with Gasteiger partial charge in [-0.3, -0.25) is 9.80 Å². The van der Waals surface area contributed by atoms with E-state index >= 15 is 0 Å². The van der Waals surface area contributed by atoms with Crippen LogP contribution in [0, 0.1) is 140 Å². The molecule has 0 saturated heterocycles. The maximum atomic E-state index is 12.0. The van der Waals surface area contributed by atoms with E-state index in [1.807, 2.05) is 0 Å². The van der Waals surface area contributed by atoms with Crippen molar-refractivity contribution in [3.8, 4) is 0 Å². The quantitative estimate of drug-likeness (QED) is 0.0436. The van der Waals surface area contributed by atoms with Gasteiger partial charge in [0, 0.05) is 123 Å². The predicted octanol–water partition coefficient (Wildman–Crippen LogP) is 13.6. The molecule has 10 N–H and O–H groups in total. The van der Waals surface area contributed by atoms with Gasteiger partial charge >= 0.3 is 0 Å². The van der Waals surface area contributed by atoms with Crippen molar-refractivity contribution in [2.45, 2.75) is 336 Å². The third-order valence-electron chi connectivity index (χ3n) is 33.5. The third kappa shape index (κ3) is 17.3. The molecule has 10 aliphatic rings. The maximum Gasteiger partial charge on any atom is 0.0640 e. The molecule has 0 bridgehead atoms. The molecule has 18 unspecified atom stereocenters. The number of hydrogen-bond acceptors (Lipinski definition) is 13. The Labute approximate surface area is 592 Å². The summed E-state index contributed by atoms with van der Waals surface area (Å²) >= 11 is 0. The lowest BCUT2D eigenvalue weighted by Gasteiger charge is -2.54. The lowest BCUT2D eigenvalue weighted by atomic mass is 9.56. The number of aliphatic hydroxyl groups is 10. The van der Waals surface area contributed by atoms with E-state index in [-0.39, 0.29) is 109 Å². The highest BCUT2D eigenvalue weighted by molar-refractivity contribution is 5.05. The van der Waals surface area contributed by atoms with Crippen LogP contribution in [0.2, 0.25) is 0 Å². The van der Waals surface area contributed by atoms with Crippen LogP contribution in [-0.4, -0.2) is 174 Å². The van der Waals surface area contributed by atoms with Crippen molar-refractivity contribution in [2.75, 3.05) is 52.9 Å². The first-order chi connectivity index (χ1) is 46.1. The molecule has 0 aromatic carbocycles. The van der Waals surface area contributed by atoms with Crippen molar-refractivity contribution in [1.29, 1.82) is 0 Å². The summed E-state index contributed by atoms with van der Waals surface area (Å²) in [5.74, 6) is 5.62. The molecule has 10 aliphatic carbocycles. The molecule has 0 spiro atoms. The van der Waals surface area contributed by atoms with Crippen molar-refractivity contribution in [3.05, 3.63) is 0 Å². The zero-order valence-electron chi connectivity index (χ0n) is 64.0. The van der Waals surface area contributed by atoms with Crippen molar-refractivity contribution in [2.24, 2.45) is 140 Å². The van der Waals surface area contributed by atoms with Gasteiger partial charge in [-0.25, -0.2) is 0 Å². The molecule has 97 heavy (non-hydrogen) atoms. The molecular formula is C84H152N2O11. The molecule has 10 rings (SSSR count). The van der Waals surface area contributed by atoms with E-state index in [0.29, 0.717) is 96.8 Å². The average Bonchev–Trinajstić information content (AvgIpc) is 0.793. The molecule has 0 radical (unpaired) electrons. The SMILES string of the molecule is CC1CCC(N(C2CCC(C(C)(C)C3CC(CO)C(O)C(CO)C3)CC2)C2CCC(C(C)(C)C3CC(CO)C(O)C(COCC4CC(C(C)(C)C5CCC(N(C6CCC(C(C)(C)C7CC(CO)C(O)C(CO)C7)CC6)C6CCC(C)C(C)C6)CC5)CC(CO)C4O)C3)CC2)CC1C. The lowest BCUT2D eigenvalue weighted by Crippen LogP contribution is -2.55. The highest BCUT2D eigenvalue weighted by Crippen LogP contribution is 2.58. The van der Waals surface area contributed by atoms with Crippen LogP contribution in [0.1, 0.15) is 276 Å². The second-order valence-electron chi connectivity index (χ2n) is 39.4. The number of hydrogen-bond donors (Lipinski definition) is 10. The third-order valence-corrected chi connectivity index (χ3v) is 33.5. The summed E-state index contributed by atoms with van der Waals surface area (Å²) < 4.78 is 6.80. The predicted molar refractivity (Wildman–Crippen MR) is 390 cm³/mol. The van der Waals surface area contributed by atoms with Gasteiger partial charge in [0.15, 0.2) is 0 Å². The Hall–Kier alpha value is -0.520. The summed E-state index contributed by atoms with van der Waals surface area (Å²) in [5, 5.41) is 109. The van der Waals surface area contributed by atoms with Crippen molar-refractivity contribution < 1.29 is 55.8 Å². The first-order valence-electron chi connectivity index (χ1n) is 41.6. The van der Waals surface area contributed by atoms with E-state index in [0.717, 1.165) is 75.0 Å². The summed E-state index contributed by atoms with van der Waals surface area (Å²) in [6.45, 7) is 30.5. The van der Waals surface area contributed by atoms with Crippen LogP contribution in [0.4, 0.5) is 0 Å². The molecule has 18 atom stereocenters. The van der Waals surface area contributed by atoms with Gasteiger partial charge < -0.3 is 55.8 Å². The van der Waals surface area contributed by atoms with Crippen LogP contribution >= 0.6 is 0 Å². The second kappa shape index (κ2) is 33.9. The highest BCUT2D eigenvalue weighted by atomic mass is 16.5. The van der Waals surface area contributed by atoms with Gasteiger partial charge in [0.25, 0.3) is 0 Å². The molecule has 564 valence electrons. The maximum absolute atomic E-state index is 12.0. The van der Waals surface area contributed by atoms with Gasteiger partial charge in [-0.15, -0.1) is 0 Å². The zero-order valence-corrected chi connectivity index (χ0v) is 64.0. The van der Waals surface area contributed by atoms with E-state index in [1.165, 1.54) is 141 Å². The van der Waals surface area contributed by atoms with Crippen LogP contribution in [0.15, 0.2) is 0 Å². The second-order valence-corrected chi connectivity index (χ2v) is 39.4. The summed E-state index contributed by atoms with van der Waals surface area (Å²) in [7, 11) is 0. The molecular weight excluding hydrogens is 1210 g/mol. The Morgan fingerprint density at radius 1 is 0.247 bits per heavy atom.